The molecule has 0 unspecified atom stereocenters. The van der Waals surface area contributed by atoms with Gasteiger partial charge in [0.25, 0.3) is 0 Å². The van der Waals surface area contributed by atoms with Gasteiger partial charge in [0, 0.05) is 13.2 Å². The number of hydrazone groups is 1. The second-order valence-electron chi connectivity index (χ2n) is 1.20. The summed E-state index contributed by atoms with van der Waals surface area (Å²) in [4.78, 5) is 3.59. The van der Waals surface area contributed by atoms with Crippen LogP contribution in [0.1, 0.15) is 0 Å². The van der Waals surface area contributed by atoms with E-state index in [9.17, 15) is 0 Å². The van der Waals surface area contributed by atoms with Crippen LogP contribution in [0.15, 0.2) is 22.5 Å². The van der Waals surface area contributed by atoms with E-state index < -0.39 is 0 Å². The third-order valence-electron chi connectivity index (χ3n) is 0.617. The zero-order valence-corrected chi connectivity index (χ0v) is 4.00. The van der Waals surface area contributed by atoms with Gasteiger partial charge in [0.1, 0.15) is 6.01 Å². The van der Waals surface area contributed by atoms with Gasteiger partial charge < -0.3 is 0 Å². The lowest BCUT2D eigenvalue weighted by atomic mass is 10.8. The van der Waals surface area contributed by atoms with Crippen LogP contribution in [0.3, 0.4) is 0 Å². The summed E-state index contributed by atoms with van der Waals surface area (Å²) in [6.45, 7) is 0. The molecule has 0 N–H and O–H groups in total. The Morgan fingerprint density at radius 3 is 2.86 bits per heavy atom. The van der Waals surface area contributed by atoms with Gasteiger partial charge in [0.05, 0.1) is 6.20 Å². The standard InChI is InChI=1S/C4H5N3/c1-7-3-2-5-4-6-7/h2-3H,1H3. The second kappa shape index (κ2) is 1.58. The summed E-state index contributed by atoms with van der Waals surface area (Å²) in [5, 5.41) is 5.29. The summed E-state index contributed by atoms with van der Waals surface area (Å²) in [5.74, 6) is 0. The summed E-state index contributed by atoms with van der Waals surface area (Å²) >= 11 is 0. The predicted molar refractivity (Wildman–Crippen MR) is 26.8 cm³/mol. The lowest BCUT2D eigenvalue weighted by molar-refractivity contribution is 0.488. The van der Waals surface area contributed by atoms with E-state index in [4.69, 9.17) is 0 Å². The summed E-state index contributed by atoms with van der Waals surface area (Å²) in [7, 11) is 1.82. The lowest BCUT2D eigenvalue weighted by Gasteiger charge is -2.01. The lowest BCUT2D eigenvalue weighted by Crippen LogP contribution is -2.00. The van der Waals surface area contributed by atoms with Crippen LogP contribution in [0.2, 0.25) is 0 Å². The molecule has 0 aromatic rings. The molecule has 0 radical (unpaired) electrons. The van der Waals surface area contributed by atoms with Crippen LogP contribution in [-0.4, -0.2) is 18.1 Å². The van der Waals surface area contributed by atoms with Crippen molar-refractivity contribution in [2.45, 2.75) is 0 Å². The van der Waals surface area contributed by atoms with Crippen molar-refractivity contribution in [1.29, 1.82) is 0 Å². The average Bonchev–Trinajstić information content (AvgIpc) is 1.69. The Kier molecular flexibility index (Phi) is 0.922. The van der Waals surface area contributed by atoms with Gasteiger partial charge in [-0.2, -0.15) is 4.99 Å². The first-order valence-corrected chi connectivity index (χ1v) is 1.94. The largest absolute Gasteiger partial charge is 0.265 e. The monoisotopic (exact) mass is 95.0 g/mol. The Morgan fingerprint density at radius 1 is 1.71 bits per heavy atom. The van der Waals surface area contributed by atoms with E-state index in [-0.39, 0.29) is 0 Å². The van der Waals surface area contributed by atoms with Crippen LogP contribution in [0.4, 0.5) is 0 Å². The first-order chi connectivity index (χ1) is 3.39. The van der Waals surface area contributed by atoms with E-state index in [2.05, 4.69) is 16.1 Å². The van der Waals surface area contributed by atoms with E-state index in [1.165, 1.54) is 0 Å². The van der Waals surface area contributed by atoms with Crippen LogP contribution in [0.25, 0.3) is 0 Å². The molecule has 0 aliphatic carbocycles. The molecule has 36 valence electrons. The third-order valence-corrected chi connectivity index (χ3v) is 0.617. The maximum absolute atomic E-state index is 3.66. The van der Waals surface area contributed by atoms with Crippen molar-refractivity contribution in [1.82, 2.24) is 5.01 Å². The Hall–Kier alpha value is -1.08. The highest BCUT2D eigenvalue weighted by Gasteiger charge is 1.81. The molecule has 7 heavy (non-hydrogen) atoms. The quantitative estimate of drug-likeness (QED) is 0.430. The van der Waals surface area contributed by atoms with Crippen LogP contribution < -0.4 is 0 Å². The van der Waals surface area contributed by atoms with Crippen molar-refractivity contribution in [3.63, 3.8) is 0 Å². The molecule has 1 rings (SSSR count). The first kappa shape index (κ1) is 4.09. The molecule has 3 heteroatoms. The van der Waals surface area contributed by atoms with E-state index >= 15 is 0 Å². The molecular weight excluding hydrogens is 90.1 g/mol. The fourth-order valence-electron chi connectivity index (χ4n) is 0.293. The van der Waals surface area contributed by atoms with Crippen molar-refractivity contribution < 1.29 is 0 Å². The molecule has 0 saturated carbocycles. The van der Waals surface area contributed by atoms with E-state index in [0.717, 1.165) is 0 Å². The zero-order chi connectivity index (χ0) is 5.11. The molecule has 3 nitrogen and oxygen atoms in total. The Labute approximate surface area is 41.7 Å². The SMILES string of the molecule is CN1C=CN=C=N1. The second-order valence-corrected chi connectivity index (χ2v) is 1.20. The van der Waals surface area contributed by atoms with Gasteiger partial charge >= 0.3 is 0 Å². The molecule has 0 aromatic heterocycles. The molecule has 0 atom stereocenters. The van der Waals surface area contributed by atoms with Gasteiger partial charge in [0.2, 0.25) is 0 Å². The van der Waals surface area contributed by atoms with Crippen molar-refractivity contribution in [2.75, 3.05) is 7.05 Å². The third kappa shape index (κ3) is 0.876. The van der Waals surface area contributed by atoms with Crippen LogP contribution in [-0.2, 0) is 0 Å². The van der Waals surface area contributed by atoms with Crippen LogP contribution in [0, 0.1) is 0 Å². The molecule has 0 bridgehead atoms. The summed E-state index contributed by atoms with van der Waals surface area (Å²) in [5.41, 5.74) is 0. The molecular formula is C4H5N3. The number of nitrogens with zero attached hydrogens (tertiary/aromatic N) is 3. The minimum absolute atomic E-state index is 1.63. The topological polar surface area (TPSA) is 28.0 Å². The summed E-state index contributed by atoms with van der Waals surface area (Å²) in [6, 6.07) is 2.42. The minimum atomic E-state index is 1.63. The maximum Gasteiger partial charge on any atom is 0.120 e. The van der Waals surface area contributed by atoms with Gasteiger partial charge in [-0.25, -0.2) is 0 Å². The fraction of sp³-hybridized carbons (Fsp3) is 0.250. The number of aliphatic imine (C=N–C) groups is 1. The fourth-order valence-corrected chi connectivity index (χ4v) is 0.293. The highest BCUT2D eigenvalue weighted by atomic mass is 15.4. The first-order valence-electron chi connectivity index (χ1n) is 1.94. The molecule has 0 fully saturated rings. The van der Waals surface area contributed by atoms with Gasteiger partial charge in [0.15, 0.2) is 0 Å². The van der Waals surface area contributed by atoms with Crippen molar-refractivity contribution in [3.05, 3.63) is 12.4 Å². The summed E-state index contributed by atoms with van der Waals surface area (Å²) < 4.78 is 0. The zero-order valence-electron chi connectivity index (χ0n) is 4.00. The normalized spacial score (nSPS) is 15.9. The van der Waals surface area contributed by atoms with E-state index in [0.29, 0.717) is 0 Å². The molecule has 1 heterocycles. The maximum atomic E-state index is 3.66. The number of rotatable bonds is 0. The van der Waals surface area contributed by atoms with Crippen LogP contribution in [0.5, 0.6) is 0 Å². The minimum Gasteiger partial charge on any atom is -0.265 e. The van der Waals surface area contributed by atoms with E-state index in [1.807, 2.05) is 7.05 Å². The summed E-state index contributed by atoms with van der Waals surface area (Å²) in [6.07, 6.45) is 3.38. The highest BCUT2D eigenvalue weighted by Crippen LogP contribution is 1.87. The van der Waals surface area contributed by atoms with Crippen molar-refractivity contribution in [3.8, 4) is 0 Å². The van der Waals surface area contributed by atoms with Gasteiger partial charge in [-0.05, 0) is 0 Å². The smallest absolute Gasteiger partial charge is 0.120 e. The molecule has 0 spiro atoms. The Balaban J connectivity index is 2.77. The Morgan fingerprint density at radius 2 is 2.57 bits per heavy atom. The Bertz CT molecular complexity index is 141. The number of hydrogen-bond acceptors (Lipinski definition) is 3. The molecule has 1 aliphatic rings. The molecule has 1 aliphatic heterocycles. The van der Waals surface area contributed by atoms with Crippen LogP contribution >= 0.6 is 0 Å². The van der Waals surface area contributed by atoms with E-state index in [1.54, 1.807) is 17.4 Å². The molecule has 0 amide bonds. The van der Waals surface area contributed by atoms with Crippen molar-refractivity contribution >= 4 is 6.01 Å². The predicted octanol–water partition coefficient (Wildman–Crippen LogP) is 0.492. The van der Waals surface area contributed by atoms with Gasteiger partial charge in [-0.3, -0.25) is 5.01 Å². The average molecular weight is 95.1 g/mol. The van der Waals surface area contributed by atoms with Gasteiger partial charge in [-0.15, -0.1) is 5.10 Å². The highest BCUT2D eigenvalue weighted by molar-refractivity contribution is 5.43. The molecule has 0 aromatic carbocycles. The van der Waals surface area contributed by atoms with Gasteiger partial charge in [-0.1, -0.05) is 0 Å². The molecule has 0 saturated heterocycles. The van der Waals surface area contributed by atoms with Crippen molar-refractivity contribution in [2.24, 2.45) is 10.1 Å². The number of hydrogen-bond donors (Lipinski definition) is 0.